The van der Waals surface area contributed by atoms with Crippen molar-refractivity contribution in [1.29, 1.82) is 0 Å². The SMILES string of the molecule is COc1cccc(/C=N/NC(=O)c2cccc(S(=O)(=O)Nc3cccc(C(F)(F)F)c3)c2)c1. The van der Waals surface area contributed by atoms with Gasteiger partial charge in [-0.25, -0.2) is 13.8 Å². The highest BCUT2D eigenvalue weighted by molar-refractivity contribution is 7.92. The highest BCUT2D eigenvalue weighted by atomic mass is 32.2. The first kappa shape index (κ1) is 23.8. The Morgan fingerprint density at radius 1 is 1.00 bits per heavy atom. The van der Waals surface area contributed by atoms with Crippen LogP contribution in [0.25, 0.3) is 0 Å². The van der Waals surface area contributed by atoms with E-state index in [1.807, 2.05) is 0 Å². The Kier molecular flexibility index (Phi) is 7.02. The molecule has 0 heterocycles. The molecular formula is C22H18F3N3O4S. The molecule has 0 radical (unpaired) electrons. The summed E-state index contributed by atoms with van der Waals surface area (Å²) in [5.74, 6) is -0.0679. The number of hydrogen-bond donors (Lipinski definition) is 2. The van der Waals surface area contributed by atoms with Crippen LogP contribution in [-0.4, -0.2) is 27.6 Å². The van der Waals surface area contributed by atoms with Crippen LogP contribution in [0.2, 0.25) is 0 Å². The summed E-state index contributed by atoms with van der Waals surface area (Å²) in [5, 5.41) is 3.83. The molecule has 3 aromatic rings. The predicted octanol–water partition coefficient (Wildman–Crippen LogP) is 4.28. The molecular weight excluding hydrogens is 459 g/mol. The van der Waals surface area contributed by atoms with E-state index in [0.717, 1.165) is 18.2 Å². The van der Waals surface area contributed by atoms with Crippen molar-refractivity contribution in [2.75, 3.05) is 11.8 Å². The number of carbonyl (C=O) groups is 1. The number of ether oxygens (including phenoxy) is 1. The molecule has 0 fully saturated rings. The van der Waals surface area contributed by atoms with Crippen molar-refractivity contribution in [3.63, 3.8) is 0 Å². The summed E-state index contributed by atoms with van der Waals surface area (Å²) in [7, 11) is -2.74. The first-order valence-corrected chi connectivity index (χ1v) is 10.8. The third-order valence-corrected chi connectivity index (χ3v) is 5.70. The molecule has 0 bridgehead atoms. The van der Waals surface area contributed by atoms with E-state index in [1.165, 1.54) is 37.6 Å². The third-order valence-electron chi connectivity index (χ3n) is 4.32. The average Bonchev–Trinajstić information content (AvgIpc) is 2.78. The molecule has 3 aromatic carbocycles. The van der Waals surface area contributed by atoms with Crippen LogP contribution in [0.1, 0.15) is 21.5 Å². The van der Waals surface area contributed by atoms with Crippen LogP contribution >= 0.6 is 0 Å². The predicted molar refractivity (Wildman–Crippen MR) is 117 cm³/mol. The van der Waals surface area contributed by atoms with Gasteiger partial charge >= 0.3 is 6.18 Å². The monoisotopic (exact) mass is 477 g/mol. The molecule has 3 rings (SSSR count). The van der Waals surface area contributed by atoms with E-state index >= 15 is 0 Å². The Morgan fingerprint density at radius 3 is 2.45 bits per heavy atom. The average molecular weight is 477 g/mol. The smallest absolute Gasteiger partial charge is 0.416 e. The Hall–Kier alpha value is -3.86. The van der Waals surface area contributed by atoms with Gasteiger partial charge in [-0.2, -0.15) is 18.3 Å². The number of alkyl halides is 3. The minimum absolute atomic E-state index is 0.00953. The molecule has 0 atom stereocenters. The van der Waals surface area contributed by atoms with Crippen molar-refractivity contribution >= 4 is 27.8 Å². The van der Waals surface area contributed by atoms with Crippen LogP contribution in [0.15, 0.2) is 82.8 Å². The lowest BCUT2D eigenvalue weighted by Crippen LogP contribution is -2.19. The molecule has 0 unspecified atom stereocenters. The lowest BCUT2D eigenvalue weighted by molar-refractivity contribution is -0.137. The van der Waals surface area contributed by atoms with Crippen molar-refractivity contribution in [3.8, 4) is 5.75 Å². The van der Waals surface area contributed by atoms with Crippen molar-refractivity contribution in [2.45, 2.75) is 11.1 Å². The van der Waals surface area contributed by atoms with Crippen molar-refractivity contribution in [2.24, 2.45) is 5.10 Å². The van der Waals surface area contributed by atoms with Crippen LogP contribution in [0.3, 0.4) is 0 Å². The van der Waals surface area contributed by atoms with Gasteiger partial charge in [0.05, 0.1) is 23.8 Å². The quantitative estimate of drug-likeness (QED) is 0.392. The number of halogens is 3. The summed E-state index contributed by atoms with van der Waals surface area (Å²) in [6, 6.07) is 15.7. The maximum Gasteiger partial charge on any atom is 0.416 e. The molecule has 0 spiro atoms. The van der Waals surface area contributed by atoms with Crippen molar-refractivity contribution in [1.82, 2.24) is 5.43 Å². The van der Waals surface area contributed by atoms with Crippen LogP contribution in [-0.2, 0) is 16.2 Å². The molecule has 0 aliphatic carbocycles. The molecule has 1 amide bonds. The van der Waals surface area contributed by atoms with E-state index in [-0.39, 0.29) is 16.1 Å². The second-order valence-electron chi connectivity index (χ2n) is 6.69. The molecule has 0 aromatic heterocycles. The van der Waals surface area contributed by atoms with Crippen molar-refractivity contribution in [3.05, 3.63) is 89.5 Å². The fourth-order valence-corrected chi connectivity index (χ4v) is 3.82. The first-order chi connectivity index (χ1) is 15.6. The minimum Gasteiger partial charge on any atom is -0.497 e. The Balaban J connectivity index is 1.74. The van der Waals surface area contributed by atoms with E-state index in [4.69, 9.17) is 4.74 Å². The van der Waals surface area contributed by atoms with Gasteiger partial charge in [0.25, 0.3) is 15.9 Å². The summed E-state index contributed by atoms with van der Waals surface area (Å²) in [4.78, 5) is 12.1. The zero-order valence-corrected chi connectivity index (χ0v) is 17.9. The largest absolute Gasteiger partial charge is 0.497 e. The number of nitrogens with zero attached hydrogens (tertiary/aromatic N) is 1. The molecule has 172 valence electrons. The molecule has 0 aliphatic rings. The number of anilines is 1. The fourth-order valence-electron chi connectivity index (χ4n) is 2.73. The molecule has 0 saturated carbocycles. The molecule has 0 aliphatic heterocycles. The molecule has 7 nitrogen and oxygen atoms in total. The van der Waals surface area contributed by atoms with E-state index < -0.39 is 27.7 Å². The fraction of sp³-hybridized carbons (Fsp3) is 0.0909. The van der Waals surface area contributed by atoms with Gasteiger partial charge in [-0.3, -0.25) is 9.52 Å². The Bertz CT molecular complexity index is 1290. The van der Waals surface area contributed by atoms with E-state index in [9.17, 15) is 26.4 Å². The number of amides is 1. The van der Waals surface area contributed by atoms with Gasteiger partial charge in [-0.15, -0.1) is 0 Å². The third kappa shape index (κ3) is 6.32. The number of sulfonamides is 1. The van der Waals surface area contributed by atoms with E-state index in [1.54, 1.807) is 24.3 Å². The molecule has 0 saturated heterocycles. The maximum atomic E-state index is 12.9. The van der Waals surface area contributed by atoms with E-state index in [2.05, 4.69) is 15.2 Å². The number of methoxy groups -OCH3 is 1. The Morgan fingerprint density at radius 2 is 1.73 bits per heavy atom. The zero-order chi connectivity index (χ0) is 24.1. The Labute approximate surface area is 188 Å². The van der Waals surface area contributed by atoms with Gasteiger partial charge in [-0.1, -0.05) is 24.3 Å². The van der Waals surface area contributed by atoms with Gasteiger partial charge in [-0.05, 0) is 54.1 Å². The number of nitrogens with one attached hydrogen (secondary N) is 2. The minimum atomic E-state index is -4.62. The number of hydrazone groups is 1. The molecule has 2 N–H and O–H groups in total. The van der Waals surface area contributed by atoms with Gasteiger partial charge in [0.2, 0.25) is 0 Å². The normalized spacial score (nSPS) is 11.9. The summed E-state index contributed by atoms with van der Waals surface area (Å²) in [6.07, 6.45) is -3.24. The van der Waals surface area contributed by atoms with Gasteiger partial charge in [0.1, 0.15) is 5.75 Å². The lowest BCUT2D eigenvalue weighted by atomic mass is 10.2. The standard InChI is InChI=1S/C22H18F3N3O4S/c1-32-19-9-2-5-15(11-19)14-26-27-21(29)16-6-3-10-20(12-16)33(30,31)28-18-8-4-7-17(13-18)22(23,24)25/h2-14,28H,1H3,(H,27,29)/b26-14+. The molecule has 11 heteroatoms. The summed E-state index contributed by atoms with van der Waals surface area (Å²) < 4.78 is 71.1. The summed E-state index contributed by atoms with van der Waals surface area (Å²) in [6.45, 7) is 0. The van der Waals surface area contributed by atoms with Gasteiger partial charge in [0, 0.05) is 11.3 Å². The number of rotatable bonds is 7. The number of carbonyl (C=O) groups excluding carboxylic acids is 1. The van der Waals surface area contributed by atoms with Crippen LogP contribution in [0.4, 0.5) is 18.9 Å². The van der Waals surface area contributed by atoms with Crippen LogP contribution < -0.4 is 14.9 Å². The number of hydrogen-bond acceptors (Lipinski definition) is 5. The van der Waals surface area contributed by atoms with Gasteiger partial charge in [0.15, 0.2) is 0 Å². The molecule has 33 heavy (non-hydrogen) atoms. The van der Waals surface area contributed by atoms with Gasteiger partial charge < -0.3 is 4.74 Å². The number of benzene rings is 3. The zero-order valence-electron chi connectivity index (χ0n) is 17.1. The second-order valence-corrected chi connectivity index (χ2v) is 8.37. The summed E-state index contributed by atoms with van der Waals surface area (Å²) >= 11 is 0. The van der Waals surface area contributed by atoms with Crippen molar-refractivity contribution < 1.29 is 31.1 Å². The topological polar surface area (TPSA) is 96.9 Å². The highest BCUT2D eigenvalue weighted by Crippen LogP contribution is 2.31. The highest BCUT2D eigenvalue weighted by Gasteiger charge is 2.30. The van der Waals surface area contributed by atoms with Crippen LogP contribution in [0, 0.1) is 0 Å². The first-order valence-electron chi connectivity index (χ1n) is 9.36. The lowest BCUT2D eigenvalue weighted by Gasteiger charge is -2.12. The van der Waals surface area contributed by atoms with Crippen LogP contribution in [0.5, 0.6) is 5.75 Å². The van der Waals surface area contributed by atoms with E-state index in [0.29, 0.717) is 17.4 Å². The maximum absolute atomic E-state index is 12.9. The summed E-state index contributed by atoms with van der Waals surface area (Å²) in [5.41, 5.74) is 1.68. The second kappa shape index (κ2) is 9.74.